The van der Waals surface area contributed by atoms with Crippen molar-refractivity contribution in [3.8, 4) is 0 Å². The molecule has 2 aromatic rings. The van der Waals surface area contributed by atoms with Gasteiger partial charge in [0, 0.05) is 38.3 Å². The van der Waals surface area contributed by atoms with Gasteiger partial charge in [0.05, 0.1) is 41.7 Å². The van der Waals surface area contributed by atoms with E-state index >= 15 is 0 Å². The van der Waals surface area contributed by atoms with E-state index in [9.17, 15) is 40.0 Å². The van der Waals surface area contributed by atoms with Gasteiger partial charge in [-0.2, -0.15) is 26.3 Å². The molecule has 2 N–H and O–H groups in total. The van der Waals surface area contributed by atoms with Crippen molar-refractivity contribution in [2.24, 2.45) is 10.9 Å². The molecule has 0 aromatic heterocycles. The van der Waals surface area contributed by atoms with Crippen molar-refractivity contribution in [1.29, 1.82) is 0 Å². The molecule has 0 saturated carbocycles. The van der Waals surface area contributed by atoms with Crippen LogP contribution in [0.5, 0.6) is 0 Å². The van der Waals surface area contributed by atoms with Crippen LogP contribution in [-0.2, 0) is 33.5 Å². The number of aryl methyl sites for hydroxylation is 1. The van der Waals surface area contributed by atoms with Crippen LogP contribution < -0.4 is 5.32 Å². The second-order valence-corrected chi connectivity index (χ2v) is 13.7. The van der Waals surface area contributed by atoms with Crippen LogP contribution in [0.25, 0.3) is 5.70 Å². The number of hydrogen-bond donors (Lipinski definition) is 2. The van der Waals surface area contributed by atoms with Gasteiger partial charge in [-0.15, -0.1) is 0 Å². The Morgan fingerprint density at radius 2 is 1.67 bits per heavy atom. The second-order valence-electron chi connectivity index (χ2n) is 11.7. The molecule has 3 unspecified atom stereocenters. The Bertz CT molecular complexity index is 1560. The largest absolute Gasteiger partial charge is 0.458 e. The highest BCUT2D eigenvalue weighted by atomic mass is 32.2. The van der Waals surface area contributed by atoms with Gasteiger partial charge in [-0.3, -0.25) is 20.5 Å². The van der Waals surface area contributed by atoms with Crippen molar-refractivity contribution >= 4 is 21.6 Å². The lowest BCUT2D eigenvalue weighted by Crippen LogP contribution is -2.53. The molecule has 0 amide bonds. The molecule has 0 radical (unpaired) electrons. The van der Waals surface area contributed by atoms with Gasteiger partial charge in [0.1, 0.15) is 0 Å². The number of hydroxylamine groups is 2. The summed E-state index contributed by atoms with van der Waals surface area (Å²) >= 11 is 0. The molecule has 16 heteroatoms. The first kappa shape index (κ1) is 34.2. The Hall–Kier alpha value is -3.18. The predicted molar refractivity (Wildman–Crippen MR) is 158 cm³/mol. The van der Waals surface area contributed by atoms with Crippen LogP contribution >= 0.6 is 0 Å². The number of aliphatic imine (C=N–C) groups is 1. The monoisotopic (exact) mass is 675 g/mol. The fraction of sp³-hybridized carbons (Fsp3) is 0.500. The number of hydrogen-bond acceptors (Lipinski definition) is 8. The molecule has 2 aromatic carbocycles. The van der Waals surface area contributed by atoms with Crippen molar-refractivity contribution in [2.75, 3.05) is 45.6 Å². The molecule has 1 fully saturated rings. The molecule has 3 heterocycles. The van der Waals surface area contributed by atoms with Gasteiger partial charge in [0.25, 0.3) is 0 Å². The molecule has 0 aliphatic carbocycles. The second kappa shape index (κ2) is 13.1. The zero-order valence-electron chi connectivity index (χ0n) is 25.1. The lowest BCUT2D eigenvalue weighted by molar-refractivity contribution is -0.143. The number of sulfonamides is 1. The van der Waals surface area contributed by atoms with E-state index < -0.39 is 58.1 Å². The van der Waals surface area contributed by atoms with E-state index in [0.29, 0.717) is 43.8 Å². The minimum atomic E-state index is -5.03. The van der Waals surface area contributed by atoms with Gasteiger partial charge in [-0.25, -0.2) is 17.7 Å². The molecule has 3 aliphatic rings. The van der Waals surface area contributed by atoms with Gasteiger partial charge in [0.15, 0.2) is 12.1 Å². The molecule has 9 nitrogen and oxygen atoms in total. The van der Waals surface area contributed by atoms with Crippen LogP contribution in [0.1, 0.15) is 34.2 Å². The zero-order valence-corrected chi connectivity index (χ0v) is 26.0. The van der Waals surface area contributed by atoms with E-state index in [-0.39, 0.29) is 43.0 Å². The van der Waals surface area contributed by atoms with Gasteiger partial charge < -0.3 is 4.74 Å². The van der Waals surface area contributed by atoms with E-state index in [1.165, 1.54) is 4.31 Å². The average Bonchev–Trinajstić information content (AvgIpc) is 3.24. The SMILES string of the molecule is Cc1ccccc1C1=CC(N2CCCN(S(C)(=O)=O)CC2)OC2=NCNCC2C(Cc2cc(C(F)(F)F)cc(C(F)(F)F)c2)N1O. The first-order chi connectivity index (χ1) is 21.5. The Morgan fingerprint density at radius 3 is 2.30 bits per heavy atom. The first-order valence-corrected chi connectivity index (χ1v) is 16.5. The van der Waals surface area contributed by atoms with E-state index in [1.54, 1.807) is 37.3 Å². The molecule has 0 spiro atoms. The molecule has 1 saturated heterocycles. The van der Waals surface area contributed by atoms with E-state index in [1.807, 2.05) is 4.90 Å². The third kappa shape index (κ3) is 7.68. The maximum Gasteiger partial charge on any atom is 0.416 e. The molecule has 46 heavy (non-hydrogen) atoms. The fourth-order valence-electron chi connectivity index (χ4n) is 6.06. The molecular formula is C30H35F6N5O4S. The molecule has 3 atom stereocenters. The Balaban J connectivity index is 1.60. The highest BCUT2D eigenvalue weighted by molar-refractivity contribution is 7.88. The topological polar surface area (TPSA) is 97.7 Å². The van der Waals surface area contributed by atoms with E-state index in [4.69, 9.17) is 4.74 Å². The number of nitrogens with one attached hydrogen (secondary N) is 1. The van der Waals surface area contributed by atoms with Crippen molar-refractivity contribution in [1.82, 2.24) is 19.6 Å². The van der Waals surface area contributed by atoms with Crippen molar-refractivity contribution in [3.63, 3.8) is 0 Å². The van der Waals surface area contributed by atoms with Gasteiger partial charge in [0.2, 0.25) is 10.0 Å². The first-order valence-electron chi connectivity index (χ1n) is 14.7. The molecule has 3 aliphatic heterocycles. The van der Waals surface area contributed by atoms with E-state index in [2.05, 4.69) is 10.3 Å². The standard InChI is InChI=1S/C30H35F6N5O4S/c1-19-6-3-4-7-23(19)26-16-27(39-8-5-9-40(11-10-39)46(2,43)44)45-28-24(17-37-18-38-28)25(41(26)42)14-20-12-21(29(31,32)33)15-22(13-20)30(34,35)36/h3-4,6-7,12-13,15-16,24-25,27,37,42H,5,8-11,14,17-18H2,1-2H3. The van der Waals surface area contributed by atoms with Crippen molar-refractivity contribution < 1.29 is 44.7 Å². The van der Waals surface area contributed by atoms with Crippen LogP contribution in [-0.4, -0.2) is 91.7 Å². The molecular weight excluding hydrogens is 640 g/mol. The Labute approximate surface area is 263 Å². The fourth-order valence-corrected chi connectivity index (χ4v) is 6.94. The molecule has 252 valence electrons. The molecule has 5 rings (SSSR count). The number of halogens is 6. The summed E-state index contributed by atoms with van der Waals surface area (Å²) in [6.45, 7) is 3.38. The van der Waals surface area contributed by atoms with Crippen LogP contribution in [0.2, 0.25) is 0 Å². The lowest BCUT2D eigenvalue weighted by atomic mass is 9.89. The predicted octanol–water partition coefficient (Wildman–Crippen LogP) is 4.58. The normalized spacial score (nSPS) is 24.2. The Kier molecular flexibility index (Phi) is 9.76. The third-order valence-corrected chi connectivity index (χ3v) is 9.73. The van der Waals surface area contributed by atoms with Crippen molar-refractivity contribution in [3.05, 3.63) is 76.4 Å². The van der Waals surface area contributed by atoms with Crippen LogP contribution in [0.4, 0.5) is 26.3 Å². The van der Waals surface area contributed by atoms with Crippen LogP contribution in [0.15, 0.2) is 53.5 Å². The van der Waals surface area contributed by atoms with Gasteiger partial charge in [-0.05, 0) is 55.2 Å². The maximum atomic E-state index is 13.7. The summed E-state index contributed by atoms with van der Waals surface area (Å²) < 4.78 is 115. The number of benzene rings is 2. The van der Waals surface area contributed by atoms with Crippen molar-refractivity contribution in [2.45, 2.75) is 44.4 Å². The number of alkyl halides is 6. The van der Waals surface area contributed by atoms with Gasteiger partial charge in [-0.1, -0.05) is 24.3 Å². The minimum absolute atomic E-state index is 0.0753. The number of fused-ring (bicyclic) bond motifs is 1. The molecule has 0 bridgehead atoms. The summed E-state index contributed by atoms with van der Waals surface area (Å²) in [7, 11) is -3.44. The quantitative estimate of drug-likeness (QED) is 0.449. The summed E-state index contributed by atoms with van der Waals surface area (Å²) in [6.07, 6.45) is -8.01. The third-order valence-electron chi connectivity index (χ3n) is 8.43. The zero-order chi connectivity index (χ0) is 33.4. The summed E-state index contributed by atoms with van der Waals surface area (Å²) in [6, 6.07) is 7.41. The van der Waals surface area contributed by atoms with Gasteiger partial charge >= 0.3 is 12.4 Å². The summed E-state index contributed by atoms with van der Waals surface area (Å²) in [5, 5.41) is 15.9. The summed E-state index contributed by atoms with van der Waals surface area (Å²) in [4.78, 5) is 6.37. The Morgan fingerprint density at radius 1 is 1.00 bits per heavy atom. The maximum absolute atomic E-state index is 13.7. The van der Waals surface area contributed by atoms with E-state index in [0.717, 1.165) is 16.9 Å². The number of rotatable bonds is 5. The summed E-state index contributed by atoms with van der Waals surface area (Å²) in [5.41, 5.74) is -1.60. The van der Waals surface area contributed by atoms with Crippen LogP contribution in [0, 0.1) is 12.8 Å². The number of ether oxygens (including phenoxy) is 1. The van der Waals surface area contributed by atoms with Crippen LogP contribution in [0.3, 0.4) is 0 Å². The summed E-state index contributed by atoms with van der Waals surface area (Å²) in [5.74, 6) is -0.600. The minimum Gasteiger partial charge on any atom is -0.458 e. The highest BCUT2D eigenvalue weighted by Gasteiger charge is 2.42. The number of nitrogens with zero attached hydrogens (tertiary/aromatic N) is 4. The average molecular weight is 676 g/mol. The highest BCUT2D eigenvalue weighted by Crippen LogP contribution is 2.38. The smallest absolute Gasteiger partial charge is 0.416 e. The lowest BCUT2D eigenvalue weighted by Gasteiger charge is -2.42.